The van der Waals surface area contributed by atoms with Gasteiger partial charge in [-0.1, -0.05) is 6.07 Å². The van der Waals surface area contributed by atoms with E-state index in [1.807, 2.05) is 17.4 Å². The van der Waals surface area contributed by atoms with E-state index < -0.39 is 5.57 Å². The molecule has 23 heavy (non-hydrogen) atoms. The number of amides is 1. The van der Waals surface area contributed by atoms with Gasteiger partial charge < -0.3 is 15.4 Å². The Kier molecular flexibility index (Phi) is 5.84. The molecule has 1 heterocycles. The molecular formula is C15H15ClF2N3O2+. The molecule has 0 spiro atoms. The fraction of sp³-hybridized carbons (Fsp3) is 0.200. The number of alkyl halides is 3. The Hall–Kier alpha value is -2.25. The zero-order valence-electron chi connectivity index (χ0n) is 12.0. The van der Waals surface area contributed by atoms with Crippen LogP contribution in [0.4, 0.5) is 14.5 Å². The summed E-state index contributed by atoms with van der Waals surface area (Å²) < 4.78 is 29.1. The first-order chi connectivity index (χ1) is 10.9. The van der Waals surface area contributed by atoms with Crippen LogP contribution in [-0.2, 0) is 11.3 Å². The first-order valence-electron chi connectivity index (χ1n) is 6.78. The molecule has 0 bridgehead atoms. The highest BCUT2D eigenvalue weighted by atomic mass is 35.5. The highest BCUT2D eigenvalue weighted by Gasteiger charge is 2.27. The Morgan fingerprint density at radius 3 is 2.65 bits per heavy atom. The van der Waals surface area contributed by atoms with E-state index in [-0.39, 0.29) is 18.2 Å². The first kappa shape index (κ1) is 17.1. The average Bonchev–Trinajstić information content (AvgIpc) is 2.49. The second-order valence-corrected chi connectivity index (χ2v) is 5.12. The summed E-state index contributed by atoms with van der Waals surface area (Å²) in [5.41, 5.74) is -2.26. The van der Waals surface area contributed by atoms with Crippen molar-refractivity contribution in [3.05, 3.63) is 54.4 Å². The molecule has 2 rings (SSSR count). The number of nitrogens with two attached hydrogens (primary N) is 1. The Balaban J connectivity index is 1.76. The van der Waals surface area contributed by atoms with Crippen molar-refractivity contribution in [2.75, 3.05) is 11.9 Å². The molecule has 0 aliphatic carbocycles. The van der Waals surface area contributed by atoms with Crippen LogP contribution < -0.4 is 15.4 Å². The van der Waals surface area contributed by atoms with Crippen LogP contribution in [0.5, 0.6) is 5.75 Å². The molecule has 8 heteroatoms. The highest BCUT2D eigenvalue weighted by molar-refractivity contribution is 6.20. The van der Waals surface area contributed by atoms with Crippen molar-refractivity contribution in [2.24, 2.45) is 0 Å². The maximum atomic E-state index is 12.5. The number of hydrogen-bond donors (Lipinski definition) is 2. The first-order valence-corrected chi connectivity index (χ1v) is 7.16. The number of carbonyl (C=O) groups is 1. The van der Waals surface area contributed by atoms with Gasteiger partial charge in [0, 0.05) is 35.2 Å². The molecular weight excluding hydrogens is 328 g/mol. The van der Waals surface area contributed by atoms with Crippen molar-refractivity contribution in [1.82, 2.24) is 4.98 Å². The topological polar surface area (TPSA) is 67.8 Å². The Bertz CT molecular complexity index is 633. The molecule has 122 valence electrons. The van der Waals surface area contributed by atoms with Gasteiger partial charge in [0.15, 0.2) is 6.54 Å². The van der Waals surface area contributed by atoms with Gasteiger partial charge in [-0.2, -0.15) is 0 Å². The Morgan fingerprint density at radius 1 is 1.30 bits per heavy atom. The van der Waals surface area contributed by atoms with Crippen LogP contribution in [0.2, 0.25) is 0 Å². The summed E-state index contributed by atoms with van der Waals surface area (Å²) in [5, 5.41) is 4.49. The van der Waals surface area contributed by atoms with E-state index in [0.717, 1.165) is 5.56 Å². The molecule has 0 atom stereocenters. The van der Waals surface area contributed by atoms with E-state index in [1.165, 1.54) is 24.3 Å². The molecule has 1 aromatic carbocycles. The van der Waals surface area contributed by atoms with Gasteiger partial charge in [-0.3, -0.25) is 9.78 Å². The van der Waals surface area contributed by atoms with Gasteiger partial charge in [0.2, 0.25) is 0 Å². The lowest BCUT2D eigenvalue weighted by Gasteiger charge is -2.11. The van der Waals surface area contributed by atoms with Gasteiger partial charge in [0.25, 0.3) is 5.91 Å². The fourth-order valence-electron chi connectivity index (χ4n) is 1.84. The number of halogens is 3. The molecule has 3 N–H and O–H groups in total. The minimum atomic E-state index is -3.76. The monoisotopic (exact) mass is 342 g/mol. The molecule has 2 aromatic rings. The van der Waals surface area contributed by atoms with Crippen LogP contribution in [0.25, 0.3) is 0 Å². The van der Waals surface area contributed by atoms with Crippen LogP contribution in [0.15, 0.2) is 48.8 Å². The number of nitrogens with zero attached hydrogens (tertiary/aromatic N) is 1. The SMILES string of the molecule is O=C(C[NH2+]Cc1cccnc1)Nc1ccc(OC(F)(F)Cl)cc1. The molecule has 0 fully saturated rings. The maximum absolute atomic E-state index is 12.5. The minimum absolute atomic E-state index is 0.0915. The third-order valence-electron chi connectivity index (χ3n) is 2.80. The molecule has 0 aliphatic rings. The van der Waals surface area contributed by atoms with E-state index in [9.17, 15) is 13.6 Å². The lowest BCUT2D eigenvalue weighted by Crippen LogP contribution is -2.84. The van der Waals surface area contributed by atoms with E-state index in [4.69, 9.17) is 0 Å². The lowest BCUT2D eigenvalue weighted by atomic mass is 10.3. The standard InChI is InChI=1S/C15H14ClF2N3O2/c16-15(17,18)23-13-5-3-12(4-6-13)21-14(22)10-20-9-11-2-1-7-19-8-11/h1-8,20H,9-10H2,(H,21,22)/p+1. The number of ether oxygens (including phenoxy) is 1. The molecule has 5 nitrogen and oxygen atoms in total. The summed E-state index contributed by atoms with van der Waals surface area (Å²) >= 11 is 4.67. The molecule has 1 amide bonds. The lowest BCUT2D eigenvalue weighted by molar-refractivity contribution is -0.659. The van der Waals surface area contributed by atoms with Gasteiger partial charge in [-0.15, -0.1) is 8.78 Å². The summed E-state index contributed by atoms with van der Waals surface area (Å²) in [7, 11) is 0. The number of pyridine rings is 1. The average molecular weight is 343 g/mol. The second kappa shape index (κ2) is 7.85. The molecule has 0 unspecified atom stereocenters. The minimum Gasteiger partial charge on any atom is -0.420 e. The fourth-order valence-corrected chi connectivity index (χ4v) is 1.93. The van der Waals surface area contributed by atoms with Crippen LogP contribution >= 0.6 is 11.6 Å². The van der Waals surface area contributed by atoms with Crippen molar-refractivity contribution in [2.45, 2.75) is 12.1 Å². The maximum Gasteiger partial charge on any atom is 0.487 e. The van der Waals surface area contributed by atoms with Gasteiger partial charge >= 0.3 is 5.57 Å². The number of anilines is 1. The number of nitrogens with one attached hydrogen (secondary N) is 1. The van der Waals surface area contributed by atoms with Gasteiger partial charge in [-0.05, 0) is 30.3 Å². The normalized spacial score (nSPS) is 11.1. The predicted octanol–water partition coefficient (Wildman–Crippen LogP) is 1.95. The third-order valence-corrected chi connectivity index (χ3v) is 2.88. The zero-order chi connectivity index (χ0) is 16.7. The van der Waals surface area contributed by atoms with Crippen LogP contribution in [0.3, 0.4) is 0 Å². The molecule has 0 saturated heterocycles. The zero-order valence-corrected chi connectivity index (χ0v) is 12.8. The molecule has 0 saturated carbocycles. The smallest absolute Gasteiger partial charge is 0.420 e. The summed E-state index contributed by atoms with van der Waals surface area (Å²) in [6.45, 7) is 0.867. The van der Waals surface area contributed by atoms with Crippen LogP contribution in [-0.4, -0.2) is 23.0 Å². The van der Waals surface area contributed by atoms with Gasteiger partial charge in [0.05, 0.1) is 0 Å². The van der Waals surface area contributed by atoms with Crippen molar-refractivity contribution in [1.29, 1.82) is 0 Å². The number of benzene rings is 1. The third kappa shape index (κ3) is 6.58. The summed E-state index contributed by atoms with van der Waals surface area (Å²) in [4.78, 5) is 15.8. The summed E-state index contributed by atoms with van der Waals surface area (Å²) in [5.74, 6) is -0.295. The van der Waals surface area contributed by atoms with E-state index in [2.05, 4.69) is 26.6 Å². The predicted molar refractivity (Wildman–Crippen MR) is 81.2 cm³/mol. The van der Waals surface area contributed by atoms with Crippen molar-refractivity contribution in [3.8, 4) is 5.75 Å². The van der Waals surface area contributed by atoms with Gasteiger partial charge in [-0.25, -0.2) is 0 Å². The number of hydrogen-bond acceptors (Lipinski definition) is 3. The van der Waals surface area contributed by atoms with E-state index in [1.54, 1.807) is 12.4 Å². The van der Waals surface area contributed by atoms with Crippen LogP contribution in [0.1, 0.15) is 5.56 Å². The number of carbonyl (C=O) groups excluding carboxylic acids is 1. The van der Waals surface area contributed by atoms with Crippen molar-refractivity contribution in [3.63, 3.8) is 0 Å². The molecule has 1 aromatic heterocycles. The Labute approximate surface area is 136 Å². The van der Waals surface area contributed by atoms with Gasteiger partial charge in [0.1, 0.15) is 12.3 Å². The Morgan fingerprint density at radius 2 is 2.04 bits per heavy atom. The largest absolute Gasteiger partial charge is 0.487 e. The molecule has 0 radical (unpaired) electrons. The summed E-state index contributed by atoms with van der Waals surface area (Å²) in [6.07, 6.45) is 3.42. The number of rotatable bonds is 7. The van der Waals surface area contributed by atoms with E-state index >= 15 is 0 Å². The summed E-state index contributed by atoms with van der Waals surface area (Å²) in [6, 6.07) is 9.26. The second-order valence-electron chi connectivity index (χ2n) is 4.68. The quantitative estimate of drug-likeness (QED) is 0.756. The number of quaternary nitrogens is 1. The van der Waals surface area contributed by atoms with Crippen molar-refractivity contribution < 1.29 is 23.6 Å². The highest BCUT2D eigenvalue weighted by Crippen LogP contribution is 2.25. The van der Waals surface area contributed by atoms with Crippen LogP contribution in [0, 0.1) is 0 Å². The van der Waals surface area contributed by atoms with Crippen molar-refractivity contribution >= 4 is 23.2 Å². The molecule has 0 aliphatic heterocycles. The van der Waals surface area contributed by atoms with E-state index in [0.29, 0.717) is 12.2 Å². The number of aromatic nitrogens is 1.